The predicted octanol–water partition coefficient (Wildman–Crippen LogP) is 3.69. The summed E-state index contributed by atoms with van der Waals surface area (Å²) in [5.74, 6) is 3.54. The summed E-state index contributed by atoms with van der Waals surface area (Å²) in [6, 6.07) is 9.17. The molecule has 2 aliphatic carbocycles. The number of terminal acetylenes is 1. The van der Waals surface area contributed by atoms with Gasteiger partial charge in [0, 0.05) is 55.4 Å². The second kappa shape index (κ2) is 9.64. The first-order valence-corrected chi connectivity index (χ1v) is 13.1. The van der Waals surface area contributed by atoms with Gasteiger partial charge in [-0.2, -0.15) is 0 Å². The molecule has 3 fully saturated rings. The molecule has 2 unspecified atom stereocenters. The van der Waals surface area contributed by atoms with Crippen molar-refractivity contribution in [3.05, 3.63) is 59.7 Å². The summed E-state index contributed by atoms with van der Waals surface area (Å²) >= 11 is 0. The minimum atomic E-state index is -0.277. The number of nitrogens with one attached hydrogen (secondary N) is 2. The monoisotopic (exact) mass is 498 g/mol. The van der Waals surface area contributed by atoms with Crippen molar-refractivity contribution in [2.24, 2.45) is 10.9 Å². The molecule has 8 heteroatoms. The van der Waals surface area contributed by atoms with Gasteiger partial charge in [-0.15, -0.1) is 6.42 Å². The number of rotatable bonds is 5. The van der Waals surface area contributed by atoms with Gasteiger partial charge >= 0.3 is 0 Å². The average Bonchev–Trinajstić information content (AvgIpc) is 3.59. The minimum absolute atomic E-state index is 0.151. The number of aromatic nitrogens is 1. The van der Waals surface area contributed by atoms with Crippen LogP contribution in [0.3, 0.4) is 0 Å². The molecule has 6 rings (SSSR count). The topological polar surface area (TPSA) is 72.9 Å². The van der Waals surface area contributed by atoms with Gasteiger partial charge in [-0.1, -0.05) is 6.58 Å². The first-order valence-electron chi connectivity index (χ1n) is 13.1. The Morgan fingerprint density at radius 2 is 1.95 bits per heavy atom. The second-order valence-electron chi connectivity index (χ2n) is 10.4. The van der Waals surface area contributed by atoms with Crippen molar-refractivity contribution < 1.29 is 9.18 Å². The Bertz CT molecular complexity index is 1320. The number of benzene rings is 1. The number of anilines is 1. The molecule has 0 radical (unpaired) electrons. The molecule has 0 bridgehead atoms. The largest absolute Gasteiger partial charge is 0.367 e. The van der Waals surface area contributed by atoms with Gasteiger partial charge in [0.25, 0.3) is 5.91 Å². The SMILES string of the molecule is C#Cc1nc(C(=O)NC2CC2)ccc1N1CCN(C2CCC(C3=Nc4ccc(F)cc4C(=C)N3)C2)CC1. The van der Waals surface area contributed by atoms with Gasteiger partial charge in [-0.05, 0) is 68.4 Å². The van der Waals surface area contributed by atoms with Crippen LogP contribution < -0.4 is 15.5 Å². The van der Waals surface area contributed by atoms with Gasteiger partial charge in [0.1, 0.15) is 23.0 Å². The van der Waals surface area contributed by atoms with Crippen LogP contribution in [0.15, 0.2) is 41.9 Å². The van der Waals surface area contributed by atoms with Crippen molar-refractivity contribution in [3.8, 4) is 12.3 Å². The van der Waals surface area contributed by atoms with E-state index in [1.165, 1.54) is 12.1 Å². The van der Waals surface area contributed by atoms with Crippen LogP contribution in [0.25, 0.3) is 5.70 Å². The van der Waals surface area contributed by atoms with Crippen molar-refractivity contribution in [1.29, 1.82) is 0 Å². The van der Waals surface area contributed by atoms with Gasteiger partial charge in [0.2, 0.25) is 0 Å². The van der Waals surface area contributed by atoms with Crippen molar-refractivity contribution in [3.63, 3.8) is 0 Å². The highest BCUT2D eigenvalue weighted by atomic mass is 19.1. The molecule has 4 aliphatic rings. The van der Waals surface area contributed by atoms with Gasteiger partial charge in [-0.3, -0.25) is 9.69 Å². The highest BCUT2D eigenvalue weighted by Gasteiger charge is 2.35. The molecule has 1 aromatic carbocycles. The molecule has 1 amide bonds. The zero-order chi connectivity index (χ0) is 25.5. The number of halogens is 1. The van der Waals surface area contributed by atoms with Crippen LogP contribution in [0.5, 0.6) is 0 Å². The van der Waals surface area contributed by atoms with E-state index in [4.69, 9.17) is 11.4 Å². The van der Waals surface area contributed by atoms with Gasteiger partial charge < -0.3 is 15.5 Å². The molecule has 7 nitrogen and oxygen atoms in total. The number of hydrogen-bond donors (Lipinski definition) is 2. The number of amidine groups is 1. The van der Waals surface area contributed by atoms with E-state index in [0.717, 1.165) is 81.1 Å². The first-order chi connectivity index (χ1) is 18.0. The molecular weight excluding hydrogens is 467 g/mol. The van der Waals surface area contributed by atoms with Crippen LogP contribution in [0.4, 0.5) is 15.8 Å². The molecule has 2 aromatic rings. The molecule has 3 heterocycles. The van der Waals surface area contributed by atoms with Crippen LogP contribution in [0.1, 0.15) is 53.8 Å². The lowest BCUT2D eigenvalue weighted by atomic mass is 10.0. The Labute approximate surface area is 216 Å². The Morgan fingerprint density at radius 1 is 1.14 bits per heavy atom. The molecule has 2 aliphatic heterocycles. The summed E-state index contributed by atoms with van der Waals surface area (Å²) in [4.78, 5) is 26.5. The number of pyridine rings is 1. The molecule has 190 valence electrons. The predicted molar refractivity (Wildman–Crippen MR) is 143 cm³/mol. The Balaban J connectivity index is 1.07. The minimum Gasteiger partial charge on any atom is -0.367 e. The van der Waals surface area contributed by atoms with Gasteiger partial charge in [0.05, 0.1) is 11.4 Å². The van der Waals surface area contributed by atoms with E-state index >= 15 is 0 Å². The van der Waals surface area contributed by atoms with Crippen LogP contribution in [-0.4, -0.2) is 59.9 Å². The summed E-state index contributed by atoms with van der Waals surface area (Å²) < 4.78 is 13.6. The zero-order valence-corrected chi connectivity index (χ0v) is 20.8. The first kappa shape index (κ1) is 23.7. The lowest BCUT2D eigenvalue weighted by Crippen LogP contribution is -2.50. The lowest BCUT2D eigenvalue weighted by molar-refractivity contribution is 0.0946. The summed E-state index contributed by atoms with van der Waals surface area (Å²) in [5.41, 5.74) is 4.06. The quantitative estimate of drug-likeness (QED) is 0.616. The van der Waals surface area contributed by atoms with Crippen LogP contribution >= 0.6 is 0 Å². The summed E-state index contributed by atoms with van der Waals surface area (Å²) in [7, 11) is 0. The van der Waals surface area contributed by atoms with Crippen LogP contribution in [0.2, 0.25) is 0 Å². The van der Waals surface area contributed by atoms with Crippen molar-refractivity contribution in [2.75, 3.05) is 31.1 Å². The third-order valence-corrected chi connectivity index (χ3v) is 7.92. The summed E-state index contributed by atoms with van der Waals surface area (Å²) in [6.45, 7) is 7.70. The van der Waals surface area contributed by atoms with Gasteiger partial charge in [-0.25, -0.2) is 14.4 Å². The summed E-state index contributed by atoms with van der Waals surface area (Å²) in [5, 5.41) is 6.31. The number of carbonyl (C=O) groups excluding carboxylic acids is 1. The van der Waals surface area contributed by atoms with E-state index in [2.05, 4.69) is 37.9 Å². The van der Waals surface area contributed by atoms with E-state index < -0.39 is 0 Å². The van der Waals surface area contributed by atoms with Crippen molar-refractivity contribution in [1.82, 2.24) is 20.5 Å². The zero-order valence-electron chi connectivity index (χ0n) is 20.8. The molecule has 2 saturated carbocycles. The fourth-order valence-electron chi connectivity index (χ4n) is 5.71. The fraction of sp³-hybridized carbons (Fsp3) is 0.414. The number of piperazine rings is 1. The van der Waals surface area contributed by atoms with Crippen LogP contribution in [0, 0.1) is 24.1 Å². The lowest BCUT2D eigenvalue weighted by Gasteiger charge is -2.39. The maximum atomic E-state index is 13.6. The molecule has 1 aromatic heterocycles. The maximum Gasteiger partial charge on any atom is 0.270 e. The normalized spacial score (nSPS) is 23.6. The molecular formula is C29H31FN6O. The summed E-state index contributed by atoms with van der Waals surface area (Å²) in [6.07, 6.45) is 11.1. The average molecular weight is 499 g/mol. The highest BCUT2D eigenvalue weighted by molar-refractivity contribution is 5.99. The van der Waals surface area contributed by atoms with E-state index in [9.17, 15) is 9.18 Å². The van der Waals surface area contributed by atoms with E-state index in [0.29, 0.717) is 29.0 Å². The maximum absolute atomic E-state index is 13.6. The Kier molecular flexibility index (Phi) is 6.17. The van der Waals surface area contributed by atoms with E-state index in [1.54, 1.807) is 12.1 Å². The molecule has 0 spiro atoms. The second-order valence-corrected chi connectivity index (χ2v) is 10.4. The van der Waals surface area contributed by atoms with Crippen molar-refractivity contribution >= 4 is 28.8 Å². The fourth-order valence-corrected chi connectivity index (χ4v) is 5.71. The van der Waals surface area contributed by atoms with E-state index in [1.807, 2.05) is 6.07 Å². The van der Waals surface area contributed by atoms with Crippen LogP contribution in [-0.2, 0) is 0 Å². The number of aliphatic imine (C=N–C) groups is 1. The number of amides is 1. The smallest absolute Gasteiger partial charge is 0.270 e. The third kappa shape index (κ3) is 4.84. The Morgan fingerprint density at radius 3 is 2.70 bits per heavy atom. The Hall–Kier alpha value is -3.70. The molecule has 2 N–H and O–H groups in total. The van der Waals surface area contributed by atoms with E-state index in [-0.39, 0.29) is 17.8 Å². The van der Waals surface area contributed by atoms with Gasteiger partial charge in [0.15, 0.2) is 0 Å². The number of fused-ring (bicyclic) bond motifs is 1. The molecule has 37 heavy (non-hydrogen) atoms. The molecule has 1 saturated heterocycles. The third-order valence-electron chi connectivity index (χ3n) is 7.92. The van der Waals surface area contributed by atoms with Crippen molar-refractivity contribution in [2.45, 2.75) is 44.2 Å². The molecule has 2 atom stereocenters. The standard InChI is InChI=1S/C29H31FN6O/c1-3-24-27(11-10-26(33-24)29(37)32-21-6-7-21)36-14-12-35(13-15-36)22-8-4-19(16-22)28-31-18(2)23-17-20(30)5-9-25(23)34-28/h1,5,9-11,17,19,21-22H,2,4,6-8,12-16H2,(H,31,34)(H,32,37). The number of nitrogens with zero attached hydrogens (tertiary/aromatic N) is 4. The number of carbonyl (C=O) groups is 1. The highest BCUT2D eigenvalue weighted by Crippen LogP contribution is 2.36. The number of hydrogen-bond acceptors (Lipinski definition) is 6.